The summed E-state index contributed by atoms with van der Waals surface area (Å²) in [6, 6.07) is 0. The molecule has 0 radical (unpaired) electrons. The van der Waals surface area contributed by atoms with Gasteiger partial charge in [0.05, 0.1) is 0 Å². The number of hydrogen-bond donors (Lipinski definition) is 2. The monoisotopic (exact) mass is 334 g/mol. The molecule has 0 heterocycles. The largest absolute Gasteiger partial charge is 1.00 e. The van der Waals surface area contributed by atoms with Crippen LogP contribution in [0.15, 0.2) is 0 Å². The molecule has 0 bridgehead atoms. The Kier molecular flexibility index (Phi) is 32.4. The number of carbonyl (C=O) groups is 1. The Bertz CT molecular complexity index is 287. The summed E-state index contributed by atoms with van der Waals surface area (Å²) in [5.74, 6) is 0. The van der Waals surface area contributed by atoms with E-state index in [0.29, 0.717) is 0 Å². The summed E-state index contributed by atoms with van der Waals surface area (Å²) >= 11 is -0.250. The molecule has 0 saturated carbocycles. The molecule has 0 aromatic carbocycles. The van der Waals surface area contributed by atoms with Gasteiger partial charge in [-0.25, -0.2) is 16.8 Å². The first-order valence-corrected chi connectivity index (χ1v) is 5.55. The van der Waals surface area contributed by atoms with Gasteiger partial charge in [-0.1, -0.05) is 0 Å². The number of rotatable bonds is 3. The van der Waals surface area contributed by atoms with Crippen LogP contribution in [0, 0.1) is 0 Å². The second kappa shape index (κ2) is 17.7. The Morgan fingerprint density at radius 1 is 0.882 bits per heavy atom. The van der Waals surface area contributed by atoms with Crippen LogP contribution in [0.25, 0.3) is 0 Å². The van der Waals surface area contributed by atoms with Crippen LogP contribution in [0.1, 0.15) is 0 Å². The number of hydrogen-bond acceptors (Lipinski definition) is 12. The molecule has 94 valence electrons. The zero-order chi connectivity index (χ0) is 13.1. The van der Waals surface area contributed by atoms with Gasteiger partial charge in [0.2, 0.25) is 20.8 Å². The van der Waals surface area contributed by atoms with Crippen molar-refractivity contribution in [2.75, 3.05) is 0 Å². The zero-order valence-electron chi connectivity index (χ0n) is 8.50. The Morgan fingerprint density at radius 3 is 1.06 bits per heavy atom. The van der Waals surface area contributed by atoms with E-state index in [2.05, 4.69) is 8.67 Å². The average Bonchev–Trinajstić information content (AvgIpc) is 2.04. The van der Waals surface area contributed by atoms with E-state index in [1.165, 1.54) is 0 Å². The quantitative estimate of drug-likeness (QED) is 0.124. The van der Waals surface area contributed by atoms with Gasteiger partial charge in [0.25, 0.3) is 0 Å². The van der Waals surface area contributed by atoms with E-state index in [0.717, 1.165) is 0 Å². The average molecular weight is 334 g/mol. The van der Waals surface area contributed by atoms with E-state index in [1.807, 2.05) is 6.79 Å². The summed E-state index contributed by atoms with van der Waals surface area (Å²) in [4.78, 5) is 8.00. The maximum atomic E-state index is 9.37. The minimum atomic E-state index is -5.31. The van der Waals surface area contributed by atoms with Crippen LogP contribution in [-0.4, -0.2) is 41.8 Å². The third kappa shape index (κ3) is 57.7. The van der Waals surface area contributed by atoms with Crippen molar-refractivity contribution in [1.29, 1.82) is 0 Å². The summed E-state index contributed by atoms with van der Waals surface area (Å²) in [6.45, 7) is 2.00. The standard InChI is InChI=1S/CH2O.2Na.H2O8S2.H2O2S/c1-2;;;1-9(2,3)7-8-10(4,5)6;1-3-2/h1H2;;;(H,1,2,3)(H,4,5,6);1-2H/q;2*+1;;/p-2. The predicted molar refractivity (Wildman–Crippen MR) is 41.5 cm³/mol. The van der Waals surface area contributed by atoms with Crippen LogP contribution >= 0.6 is 12.3 Å². The van der Waals surface area contributed by atoms with Gasteiger partial charge in [-0.05, 0) is 0 Å². The van der Waals surface area contributed by atoms with Crippen molar-refractivity contribution in [2.24, 2.45) is 0 Å². The molecule has 0 rings (SSSR count). The van der Waals surface area contributed by atoms with E-state index < -0.39 is 20.8 Å². The van der Waals surface area contributed by atoms with Crippen molar-refractivity contribution in [1.82, 2.24) is 0 Å². The summed E-state index contributed by atoms with van der Waals surface area (Å²) in [6.07, 6.45) is 0. The van der Waals surface area contributed by atoms with Gasteiger partial charge in [0.1, 0.15) is 6.79 Å². The van der Waals surface area contributed by atoms with Crippen molar-refractivity contribution in [3.05, 3.63) is 0 Å². The third-order valence-corrected chi connectivity index (χ3v) is 0.750. The first kappa shape index (κ1) is 31.2. The molecule has 0 amide bonds. The molecule has 0 unspecified atom stereocenters. The van der Waals surface area contributed by atoms with Crippen LogP contribution in [0.5, 0.6) is 0 Å². The fraction of sp³-hybridized carbons (Fsp3) is 0. The molecule has 0 aromatic rings. The maximum absolute atomic E-state index is 9.37. The van der Waals surface area contributed by atoms with Crippen LogP contribution in [0.4, 0.5) is 0 Å². The van der Waals surface area contributed by atoms with Crippen LogP contribution < -0.4 is 59.1 Å². The minimum absolute atomic E-state index is 0. The molecule has 11 nitrogen and oxygen atoms in total. The molecule has 0 atom stereocenters. The molecule has 0 aliphatic carbocycles. The Hall–Kier alpha value is 1.68. The third-order valence-electron chi connectivity index (χ3n) is 0.194. The summed E-state index contributed by atoms with van der Waals surface area (Å²) in [5, 5.41) is 0. The summed E-state index contributed by atoms with van der Waals surface area (Å²) in [7, 11) is -10.6. The van der Waals surface area contributed by atoms with Gasteiger partial charge in [0.15, 0.2) is 12.3 Å². The Morgan fingerprint density at radius 2 is 1.00 bits per heavy atom. The van der Waals surface area contributed by atoms with Gasteiger partial charge in [-0.2, -0.15) is 0 Å². The molecule has 0 aliphatic heterocycles. The number of carbonyl (C=O) groups excluding carboxylic acids is 1. The maximum Gasteiger partial charge on any atom is 1.00 e. The Balaban J connectivity index is -0.0000000598. The molecule has 0 aromatic heterocycles. The first-order valence-electron chi connectivity index (χ1n) is 2.15. The second-order valence-electron chi connectivity index (χ2n) is 1.03. The van der Waals surface area contributed by atoms with Crippen molar-refractivity contribution >= 4 is 39.9 Å². The van der Waals surface area contributed by atoms with Gasteiger partial charge in [-0.3, -0.25) is 0 Å². The van der Waals surface area contributed by atoms with Crippen molar-refractivity contribution in [3.8, 4) is 0 Å². The molecule has 17 heavy (non-hydrogen) atoms. The van der Waals surface area contributed by atoms with Gasteiger partial charge >= 0.3 is 59.1 Å². The van der Waals surface area contributed by atoms with Crippen LogP contribution in [0.3, 0.4) is 0 Å². The second-order valence-corrected chi connectivity index (χ2v) is 3.10. The molecule has 0 aliphatic rings. The predicted octanol–water partition coefficient (Wildman–Crippen LogP) is -7.66. The molecule has 16 heteroatoms. The fourth-order valence-electron chi connectivity index (χ4n) is 0.0680. The molecule has 2 N–H and O–H groups in total. The first-order chi connectivity index (χ1) is 6.62. The van der Waals surface area contributed by atoms with E-state index in [-0.39, 0.29) is 71.4 Å². The molecule has 0 saturated heterocycles. The van der Waals surface area contributed by atoms with E-state index in [4.69, 9.17) is 13.9 Å². The molecule has 0 fully saturated rings. The van der Waals surface area contributed by atoms with E-state index in [9.17, 15) is 25.9 Å². The van der Waals surface area contributed by atoms with Gasteiger partial charge < -0.3 is 23.0 Å². The Labute approximate surface area is 146 Å². The van der Waals surface area contributed by atoms with Crippen LogP contribution in [0.2, 0.25) is 0 Å². The van der Waals surface area contributed by atoms with E-state index >= 15 is 0 Å². The fourth-order valence-corrected chi connectivity index (χ4v) is 0.612. The van der Waals surface area contributed by atoms with Crippen molar-refractivity contribution in [2.45, 2.75) is 0 Å². The van der Waals surface area contributed by atoms with Crippen molar-refractivity contribution in [3.63, 3.8) is 0 Å². The van der Waals surface area contributed by atoms with Gasteiger partial charge in [0, 0.05) is 0 Å². The van der Waals surface area contributed by atoms with Crippen LogP contribution in [-0.2, 0) is 34.3 Å². The molecular weight excluding hydrogens is 330 g/mol. The van der Waals surface area contributed by atoms with E-state index in [1.54, 1.807) is 0 Å². The smallest absolute Gasteiger partial charge is 0.724 e. The van der Waals surface area contributed by atoms with Gasteiger partial charge in [-0.15, -0.1) is 8.67 Å². The topological polar surface area (TPSA) is 190 Å². The minimum Gasteiger partial charge on any atom is -0.724 e. The molecule has 0 spiro atoms. The summed E-state index contributed by atoms with van der Waals surface area (Å²) in [5.41, 5.74) is 0. The van der Waals surface area contributed by atoms with Crippen molar-refractivity contribution < 1.29 is 108 Å². The normalized spacial score (nSPS) is 9.18. The summed E-state index contributed by atoms with van der Waals surface area (Å²) < 4.78 is 75.5. The zero-order valence-corrected chi connectivity index (χ0v) is 15.0. The SMILES string of the molecule is C=O.O=S(=O)([O-])OOS(=O)(=O)[O-].OSO.[Na+].[Na+]. The molecular formula is CH4Na2O11S3.